The van der Waals surface area contributed by atoms with Gasteiger partial charge in [-0.15, -0.1) is 11.6 Å². The molecule has 0 saturated heterocycles. The van der Waals surface area contributed by atoms with Gasteiger partial charge in [0.25, 0.3) is 0 Å². The van der Waals surface area contributed by atoms with Crippen LogP contribution in [-0.2, 0) is 17.2 Å². The van der Waals surface area contributed by atoms with E-state index in [1.165, 1.54) is 0 Å². The molecule has 0 bridgehead atoms. The molecule has 1 unspecified atom stereocenters. The summed E-state index contributed by atoms with van der Waals surface area (Å²) in [6.07, 6.45) is 0.177. The molecular weight excluding hydrogens is 200 g/mol. The highest BCUT2D eigenvalue weighted by Crippen LogP contribution is 2.15. The Kier molecular flexibility index (Phi) is 3.96. The fourth-order valence-corrected chi connectivity index (χ4v) is 1.81. The number of alkyl halides is 1. The molecule has 80 valence electrons. The van der Waals surface area contributed by atoms with Gasteiger partial charge in [0.2, 0.25) is 0 Å². The van der Waals surface area contributed by atoms with Gasteiger partial charge in [-0.25, -0.2) is 0 Å². The van der Waals surface area contributed by atoms with Crippen LogP contribution >= 0.6 is 11.6 Å². The molecule has 0 aliphatic rings. The molecule has 0 fully saturated rings. The van der Waals surface area contributed by atoms with Crippen molar-refractivity contribution in [2.45, 2.75) is 39.3 Å². The summed E-state index contributed by atoms with van der Waals surface area (Å²) >= 11 is 5.84. The Hall–Kier alpha value is -0.540. The molecule has 1 atom stereocenters. The van der Waals surface area contributed by atoms with E-state index in [0.717, 1.165) is 23.5 Å². The lowest BCUT2D eigenvalue weighted by Crippen LogP contribution is -2.16. The fourth-order valence-electron chi connectivity index (χ4n) is 1.42. The Morgan fingerprint density at radius 2 is 2.14 bits per heavy atom. The van der Waals surface area contributed by atoms with Crippen molar-refractivity contribution in [3.05, 3.63) is 17.0 Å². The minimum absolute atomic E-state index is 0.177. The summed E-state index contributed by atoms with van der Waals surface area (Å²) in [5, 5.41) is 4.42. The number of aromatic nitrogens is 2. The van der Waals surface area contributed by atoms with E-state index in [2.05, 4.69) is 5.10 Å². The van der Waals surface area contributed by atoms with Crippen molar-refractivity contribution in [2.75, 3.05) is 7.11 Å². The monoisotopic (exact) mass is 216 g/mol. The average molecular weight is 217 g/mol. The molecule has 0 saturated carbocycles. The molecule has 0 aliphatic carbocycles. The normalized spacial score (nSPS) is 13.2. The first-order chi connectivity index (χ1) is 6.60. The zero-order valence-corrected chi connectivity index (χ0v) is 9.93. The quantitative estimate of drug-likeness (QED) is 0.723. The van der Waals surface area contributed by atoms with E-state index < -0.39 is 0 Å². The van der Waals surface area contributed by atoms with Crippen LogP contribution in [0.15, 0.2) is 0 Å². The maximum absolute atomic E-state index is 5.84. The molecule has 1 aromatic rings. The van der Waals surface area contributed by atoms with Crippen molar-refractivity contribution in [3.63, 3.8) is 0 Å². The van der Waals surface area contributed by atoms with Gasteiger partial charge in [0.05, 0.1) is 24.2 Å². The molecule has 0 aliphatic heterocycles. The third kappa shape index (κ3) is 2.28. The lowest BCUT2D eigenvalue weighted by atomic mass is 10.2. The highest BCUT2D eigenvalue weighted by atomic mass is 35.5. The predicted octanol–water partition coefficient (Wildman–Crippen LogP) is 2.27. The Balaban J connectivity index is 2.88. The van der Waals surface area contributed by atoms with Crippen LogP contribution in [0, 0.1) is 13.8 Å². The van der Waals surface area contributed by atoms with Crippen molar-refractivity contribution >= 4 is 11.6 Å². The number of rotatable bonds is 4. The van der Waals surface area contributed by atoms with Crippen LogP contribution in [0.3, 0.4) is 0 Å². The van der Waals surface area contributed by atoms with E-state index in [1.54, 1.807) is 7.11 Å². The largest absolute Gasteiger partial charge is 0.380 e. The molecule has 0 aromatic carbocycles. The van der Waals surface area contributed by atoms with Gasteiger partial charge in [0, 0.05) is 18.4 Å². The van der Waals surface area contributed by atoms with E-state index in [4.69, 9.17) is 16.3 Å². The number of aryl methyl sites for hydroxylation is 1. The molecule has 0 amide bonds. The van der Waals surface area contributed by atoms with E-state index in [-0.39, 0.29) is 6.10 Å². The second-order valence-electron chi connectivity index (χ2n) is 3.51. The first-order valence-electron chi connectivity index (χ1n) is 4.71. The first-order valence-corrected chi connectivity index (χ1v) is 5.25. The number of hydrogen-bond acceptors (Lipinski definition) is 2. The molecule has 14 heavy (non-hydrogen) atoms. The summed E-state index contributed by atoms with van der Waals surface area (Å²) in [5.74, 6) is 0.527. The van der Waals surface area contributed by atoms with Crippen LogP contribution in [0.5, 0.6) is 0 Å². The van der Waals surface area contributed by atoms with Gasteiger partial charge in [-0.2, -0.15) is 5.10 Å². The van der Waals surface area contributed by atoms with Gasteiger partial charge in [-0.1, -0.05) is 0 Å². The predicted molar refractivity (Wildman–Crippen MR) is 57.7 cm³/mol. The SMILES string of the molecule is COC(C)Cn1nc(C)c(CCl)c1C. The number of nitrogens with zero attached hydrogens (tertiary/aromatic N) is 2. The molecule has 1 aromatic heterocycles. The van der Waals surface area contributed by atoms with Crippen molar-refractivity contribution in [1.82, 2.24) is 9.78 Å². The molecule has 0 N–H and O–H groups in total. The van der Waals surface area contributed by atoms with Crippen LogP contribution in [0.4, 0.5) is 0 Å². The van der Waals surface area contributed by atoms with Gasteiger partial charge < -0.3 is 4.74 Å². The maximum Gasteiger partial charge on any atom is 0.0739 e. The standard InChI is InChI=1S/C10H17ClN2O/c1-7(14-4)6-13-9(3)10(5-11)8(2)12-13/h7H,5-6H2,1-4H3. The second-order valence-corrected chi connectivity index (χ2v) is 3.78. The first kappa shape index (κ1) is 11.5. The molecule has 1 rings (SSSR count). The van der Waals surface area contributed by atoms with Crippen LogP contribution in [-0.4, -0.2) is 23.0 Å². The zero-order chi connectivity index (χ0) is 10.7. The van der Waals surface area contributed by atoms with Gasteiger partial charge in [-0.3, -0.25) is 4.68 Å². The molecule has 0 spiro atoms. The van der Waals surface area contributed by atoms with E-state index >= 15 is 0 Å². The fraction of sp³-hybridized carbons (Fsp3) is 0.700. The van der Waals surface area contributed by atoms with Gasteiger partial charge in [-0.05, 0) is 20.8 Å². The van der Waals surface area contributed by atoms with Gasteiger partial charge >= 0.3 is 0 Å². The minimum atomic E-state index is 0.177. The molecule has 1 heterocycles. The van der Waals surface area contributed by atoms with Crippen LogP contribution in [0.2, 0.25) is 0 Å². The Morgan fingerprint density at radius 1 is 1.50 bits per heavy atom. The van der Waals surface area contributed by atoms with Crippen LogP contribution < -0.4 is 0 Å². The number of halogens is 1. The van der Waals surface area contributed by atoms with Crippen LogP contribution in [0.1, 0.15) is 23.9 Å². The molecule has 3 nitrogen and oxygen atoms in total. The lowest BCUT2D eigenvalue weighted by molar-refractivity contribution is 0.0991. The maximum atomic E-state index is 5.84. The van der Waals surface area contributed by atoms with Gasteiger partial charge in [0.1, 0.15) is 0 Å². The Bertz CT molecular complexity index is 309. The van der Waals surface area contributed by atoms with Crippen molar-refractivity contribution in [2.24, 2.45) is 0 Å². The number of methoxy groups -OCH3 is 1. The summed E-state index contributed by atoms with van der Waals surface area (Å²) in [5.41, 5.74) is 3.29. The lowest BCUT2D eigenvalue weighted by Gasteiger charge is -2.10. The van der Waals surface area contributed by atoms with Crippen molar-refractivity contribution < 1.29 is 4.74 Å². The van der Waals surface area contributed by atoms with E-state index in [9.17, 15) is 0 Å². The van der Waals surface area contributed by atoms with E-state index in [0.29, 0.717) is 5.88 Å². The minimum Gasteiger partial charge on any atom is -0.380 e. The highest BCUT2D eigenvalue weighted by Gasteiger charge is 2.11. The zero-order valence-electron chi connectivity index (χ0n) is 9.17. The van der Waals surface area contributed by atoms with E-state index in [1.807, 2.05) is 25.5 Å². The number of ether oxygens (including phenoxy) is 1. The summed E-state index contributed by atoms with van der Waals surface area (Å²) in [4.78, 5) is 0. The molecular formula is C10H17ClN2O. The Labute approximate surface area is 90.0 Å². The summed E-state index contributed by atoms with van der Waals surface area (Å²) < 4.78 is 7.16. The highest BCUT2D eigenvalue weighted by molar-refractivity contribution is 6.17. The molecule has 0 radical (unpaired) electrons. The molecule has 4 heteroatoms. The van der Waals surface area contributed by atoms with Gasteiger partial charge in [0.15, 0.2) is 0 Å². The third-order valence-electron chi connectivity index (χ3n) is 2.50. The van der Waals surface area contributed by atoms with Crippen molar-refractivity contribution in [1.29, 1.82) is 0 Å². The summed E-state index contributed by atoms with van der Waals surface area (Å²) in [6, 6.07) is 0. The van der Waals surface area contributed by atoms with Crippen LogP contribution in [0.25, 0.3) is 0 Å². The van der Waals surface area contributed by atoms with Crippen molar-refractivity contribution in [3.8, 4) is 0 Å². The average Bonchev–Trinajstić information content (AvgIpc) is 2.42. The topological polar surface area (TPSA) is 27.1 Å². The summed E-state index contributed by atoms with van der Waals surface area (Å²) in [6.45, 7) is 6.83. The smallest absolute Gasteiger partial charge is 0.0739 e. The second kappa shape index (κ2) is 4.80. The third-order valence-corrected chi connectivity index (χ3v) is 2.76. The Morgan fingerprint density at radius 3 is 2.57 bits per heavy atom. The number of hydrogen-bond donors (Lipinski definition) is 0. The summed E-state index contributed by atoms with van der Waals surface area (Å²) in [7, 11) is 1.71.